The highest BCUT2D eigenvalue weighted by molar-refractivity contribution is 5.88. The topological polar surface area (TPSA) is 114 Å². The minimum Gasteiger partial charge on any atom is -0.363 e. The third-order valence-electron chi connectivity index (χ3n) is 3.62. The maximum absolute atomic E-state index is 11.0. The SMILES string of the molecule is Cc1[nH]ncc1CN1CCC[C@H]1c1nc(C(N)=O)no1. The molecule has 0 saturated carbocycles. The van der Waals surface area contributed by atoms with Crippen LogP contribution in [0.15, 0.2) is 10.7 Å². The van der Waals surface area contributed by atoms with Crippen molar-refractivity contribution in [2.75, 3.05) is 6.54 Å². The van der Waals surface area contributed by atoms with Crippen molar-refractivity contribution in [3.8, 4) is 0 Å². The lowest BCUT2D eigenvalue weighted by Crippen LogP contribution is -2.23. The lowest BCUT2D eigenvalue weighted by Gasteiger charge is -2.20. The zero-order valence-electron chi connectivity index (χ0n) is 11.2. The van der Waals surface area contributed by atoms with Crippen molar-refractivity contribution in [2.24, 2.45) is 5.73 Å². The van der Waals surface area contributed by atoms with Crippen LogP contribution in [-0.2, 0) is 6.54 Å². The monoisotopic (exact) mass is 276 g/mol. The van der Waals surface area contributed by atoms with Crippen molar-refractivity contribution >= 4 is 5.91 Å². The highest BCUT2D eigenvalue weighted by Crippen LogP contribution is 2.32. The Labute approximate surface area is 115 Å². The van der Waals surface area contributed by atoms with Crippen molar-refractivity contribution in [2.45, 2.75) is 32.4 Å². The Morgan fingerprint density at radius 1 is 1.65 bits per heavy atom. The number of rotatable bonds is 4. The molecule has 1 aliphatic rings. The number of aryl methyl sites for hydroxylation is 1. The van der Waals surface area contributed by atoms with Crippen molar-refractivity contribution in [1.82, 2.24) is 25.2 Å². The van der Waals surface area contributed by atoms with Gasteiger partial charge in [0.05, 0.1) is 12.2 Å². The molecule has 1 aliphatic heterocycles. The molecule has 20 heavy (non-hydrogen) atoms. The Hall–Kier alpha value is -2.22. The van der Waals surface area contributed by atoms with Crippen LogP contribution in [0.2, 0.25) is 0 Å². The number of hydrogen-bond acceptors (Lipinski definition) is 6. The molecular weight excluding hydrogens is 260 g/mol. The summed E-state index contributed by atoms with van der Waals surface area (Å²) in [6.45, 7) is 3.70. The third-order valence-corrected chi connectivity index (χ3v) is 3.62. The zero-order valence-corrected chi connectivity index (χ0v) is 11.2. The summed E-state index contributed by atoms with van der Waals surface area (Å²) in [4.78, 5) is 17.3. The number of aromatic nitrogens is 4. The highest BCUT2D eigenvalue weighted by Gasteiger charge is 2.31. The second-order valence-corrected chi connectivity index (χ2v) is 4.97. The molecule has 1 saturated heterocycles. The van der Waals surface area contributed by atoms with Gasteiger partial charge in [-0.25, -0.2) is 0 Å². The Balaban J connectivity index is 1.78. The van der Waals surface area contributed by atoms with Crippen LogP contribution in [0.25, 0.3) is 0 Å². The zero-order chi connectivity index (χ0) is 14.1. The molecule has 0 unspecified atom stereocenters. The molecule has 0 aliphatic carbocycles. The number of aromatic amines is 1. The molecule has 2 aromatic rings. The number of nitrogens with one attached hydrogen (secondary N) is 1. The number of hydrogen-bond donors (Lipinski definition) is 2. The molecule has 8 heteroatoms. The second-order valence-electron chi connectivity index (χ2n) is 4.97. The number of likely N-dealkylation sites (tertiary alicyclic amines) is 1. The first-order chi connectivity index (χ1) is 9.65. The molecule has 3 heterocycles. The Bertz CT molecular complexity index is 619. The van der Waals surface area contributed by atoms with Gasteiger partial charge >= 0.3 is 0 Å². The van der Waals surface area contributed by atoms with Crippen LogP contribution >= 0.6 is 0 Å². The van der Waals surface area contributed by atoms with E-state index in [0.29, 0.717) is 5.89 Å². The predicted octanol–water partition coefficient (Wildman–Crippen LogP) is 0.537. The summed E-state index contributed by atoms with van der Waals surface area (Å²) in [7, 11) is 0. The Morgan fingerprint density at radius 3 is 3.15 bits per heavy atom. The van der Waals surface area contributed by atoms with E-state index in [2.05, 4.69) is 25.2 Å². The molecule has 1 atom stereocenters. The van der Waals surface area contributed by atoms with E-state index in [1.807, 2.05) is 13.1 Å². The number of carbonyl (C=O) groups is 1. The first-order valence-electron chi connectivity index (χ1n) is 6.51. The van der Waals surface area contributed by atoms with Gasteiger partial charge in [0.15, 0.2) is 0 Å². The van der Waals surface area contributed by atoms with Crippen molar-refractivity contribution in [3.63, 3.8) is 0 Å². The molecule has 0 aromatic carbocycles. The molecule has 0 spiro atoms. The van der Waals surface area contributed by atoms with Crippen LogP contribution in [-0.4, -0.2) is 37.7 Å². The van der Waals surface area contributed by atoms with E-state index in [0.717, 1.165) is 37.2 Å². The van der Waals surface area contributed by atoms with Gasteiger partial charge in [-0.2, -0.15) is 10.1 Å². The first-order valence-corrected chi connectivity index (χ1v) is 6.51. The fourth-order valence-corrected chi connectivity index (χ4v) is 2.52. The summed E-state index contributed by atoms with van der Waals surface area (Å²) < 4.78 is 5.16. The number of nitrogens with zero attached hydrogens (tertiary/aromatic N) is 4. The summed E-state index contributed by atoms with van der Waals surface area (Å²) in [5, 5.41) is 10.6. The van der Waals surface area contributed by atoms with Gasteiger partial charge in [0.1, 0.15) is 0 Å². The number of primary amides is 1. The normalized spacial score (nSPS) is 19.6. The summed E-state index contributed by atoms with van der Waals surface area (Å²) in [5.74, 6) is -0.279. The van der Waals surface area contributed by atoms with Crippen LogP contribution in [0, 0.1) is 6.92 Å². The number of amides is 1. The van der Waals surface area contributed by atoms with E-state index in [-0.39, 0.29) is 11.9 Å². The molecule has 0 bridgehead atoms. The van der Waals surface area contributed by atoms with Gasteiger partial charge in [0, 0.05) is 17.8 Å². The largest absolute Gasteiger partial charge is 0.363 e. The molecule has 8 nitrogen and oxygen atoms in total. The average Bonchev–Trinajstić information content (AvgIpc) is 3.11. The molecular formula is C12H16N6O2. The van der Waals surface area contributed by atoms with Gasteiger partial charge in [0.25, 0.3) is 11.7 Å². The summed E-state index contributed by atoms with van der Waals surface area (Å²) in [6.07, 6.45) is 3.81. The molecule has 0 radical (unpaired) electrons. The van der Waals surface area contributed by atoms with E-state index in [1.54, 1.807) is 0 Å². The quantitative estimate of drug-likeness (QED) is 0.842. The van der Waals surface area contributed by atoms with E-state index in [1.165, 1.54) is 0 Å². The van der Waals surface area contributed by atoms with E-state index >= 15 is 0 Å². The molecule has 3 N–H and O–H groups in total. The van der Waals surface area contributed by atoms with Crippen LogP contribution in [0.4, 0.5) is 0 Å². The van der Waals surface area contributed by atoms with Gasteiger partial charge in [-0.15, -0.1) is 0 Å². The van der Waals surface area contributed by atoms with Crippen molar-refractivity contribution in [3.05, 3.63) is 29.2 Å². The maximum Gasteiger partial charge on any atom is 0.290 e. The first kappa shape index (κ1) is 12.8. The summed E-state index contributed by atoms with van der Waals surface area (Å²) in [5.41, 5.74) is 7.34. The second kappa shape index (κ2) is 5.04. The van der Waals surface area contributed by atoms with Gasteiger partial charge in [-0.3, -0.25) is 14.8 Å². The lowest BCUT2D eigenvalue weighted by molar-refractivity contribution is 0.0987. The summed E-state index contributed by atoms with van der Waals surface area (Å²) in [6, 6.07) is 0.0323. The number of nitrogens with two attached hydrogens (primary N) is 1. The highest BCUT2D eigenvalue weighted by atomic mass is 16.5. The molecule has 106 valence electrons. The van der Waals surface area contributed by atoms with Crippen LogP contribution in [0.1, 0.15) is 46.7 Å². The van der Waals surface area contributed by atoms with Crippen LogP contribution in [0.5, 0.6) is 0 Å². The molecule has 3 rings (SSSR count). The fourth-order valence-electron chi connectivity index (χ4n) is 2.52. The van der Waals surface area contributed by atoms with E-state index in [4.69, 9.17) is 10.3 Å². The predicted molar refractivity (Wildman–Crippen MR) is 68.5 cm³/mol. The van der Waals surface area contributed by atoms with Crippen LogP contribution < -0.4 is 5.73 Å². The number of H-pyrrole nitrogens is 1. The Morgan fingerprint density at radius 2 is 2.50 bits per heavy atom. The summed E-state index contributed by atoms with van der Waals surface area (Å²) >= 11 is 0. The van der Waals surface area contributed by atoms with Crippen molar-refractivity contribution < 1.29 is 9.32 Å². The number of carbonyl (C=O) groups excluding carboxylic acids is 1. The smallest absolute Gasteiger partial charge is 0.290 e. The molecule has 1 amide bonds. The molecule has 1 fully saturated rings. The fraction of sp³-hybridized carbons (Fsp3) is 0.500. The standard InChI is InChI=1S/C12H16N6O2/c1-7-8(5-14-16-7)6-18-4-2-3-9(18)12-15-11(10(13)19)17-20-12/h5,9H,2-4,6H2,1H3,(H2,13,19)(H,14,16)/t9-/m0/s1. The average molecular weight is 276 g/mol. The molecule has 2 aromatic heterocycles. The lowest BCUT2D eigenvalue weighted by atomic mass is 10.2. The van der Waals surface area contributed by atoms with Gasteiger partial charge in [-0.05, 0) is 26.3 Å². The van der Waals surface area contributed by atoms with Crippen LogP contribution in [0.3, 0.4) is 0 Å². The maximum atomic E-state index is 11.0. The third kappa shape index (κ3) is 2.29. The minimum atomic E-state index is -0.671. The van der Waals surface area contributed by atoms with E-state index in [9.17, 15) is 4.79 Å². The Kier molecular flexibility index (Phi) is 3.23. The van der Waals surface area contributed by atoms with Crippen molar-refractivity contribution in [1.29, 1.82) is 0 Å². The minimum absolute atomic E-state index is 0.0323. The van der Waals surface area contributed by atoms with Gasteiger partial charge in [-0.1, -0.05) is 5.16 Å². The van der Waals surface area contributed by atoms with E-state index < -0.39 is 5.91 Å². The van der Waals surface area contributed by atoms with Gasteiger partial charge in [0.2, 0.25) is 5.89 Å². The van der Waals surface area contributed by atoms with Gasteiger partial charge < -0.3 is 10.3 Å².